The maximum absolute atomic E-state index is 14.7. The number of sulfonamides is 1. The summed E-state index contributed by atoms with van der Waals surface area (Å²) >= 11 is 1.45. The maximum atomic E-state index is 14.7. The molecule has 2 aliphatic carbocycles. The van der Waals surface area contributed by atoms with Gasteiger partial charge in [-0.1, -0.05) is 26.0 Å². The number of methoxy groups -OCH3 is 1. The first kappa shape index (κ1) is 44.0. The number of allylic oxidation sites excluding steroid dienone is 1. The Bertz CT molecular complexity index is 2390. The third-order valence-corrected chi connectivity index (χ3v) is 14.1. The van der Waals surface area contributed by atoms with Gasteiger partial charge in [0.1, 0.15) is 51.5 Å². The molecule has 1 aromatic carbocycles. The second kappa shape index (κ2) is 17.0. The monoisotopic (exact) mass is 878 g/mol. The van der Waals surface area contributed by atoms with Crippen molar-refractivity contribution in [2.45, 2.75) is 133 Å². The van der Waals surface area contributed by atoms with Crippen LogP contribution >= 0.6 is 11.3 Å². The number of carbonyl (C=O) groups excluding carboxylic acids is 5. The van der Waals surface area contributed by atoms with Crippen molar-refractivity contribution in [1.29, 1.82) is 0 Å². The van der Waals surface area contributed by atoms with E-state index in [9.17, 15) is 32.4 Å². The molecule has 2 aromatic heterocycles. The highest BCUT2D eigenvalue weighted by atomic mass is 32.2. The zero-order valence-corrected chi connectivity index (χ0v) is 37.2. The van der Waals surface area contributed by atoms with E-state index in [0.717, 1.165) is 11.3 Å². The van der Waals surface area contributed by atoms with Crippen LogP contribution in [0.1, 0.15) is 103 Å². The SMILES string of the molecule is COc1ccc2c(O[C@@H]3C[C@H]4C(=O)N[C@]5(C(=O)NS(=O)(=O)C6CC6)CC5C=CCCCC(=O)N[C@@H](CC(=O)OC(C)(C)C)C(=O)N4C3)cc(-c3nc(C(C)C)cs3)nc2c1C. The molecular formula is C43H54N6O10S2. The van der Waals surface area contributed by atoms with Gasteiger partial charge in [0.25, 0.3) is 5.91 Å². The van der Waals surface area contributed by atoms with Gasteiger partial charge in [-0.3, -0.25) is 28.7 Å². The molecule has 5 atom stereocenters. The minimum atomic E-state index is -3.96. The Labute approximate surface area is 359 Å². The highest BCUT2D eigenvalue weighted by Crippen LogP contribution is 2.46. The molecule has 1 saturated heterocycles. The Morgan fingerprint density at radius 3 is 2.54 bits per heavy atom. The number of pyridine rings is 1. The van der Waals surface area contributed by atoms with E-state index in [0.29, 0.717) is 58.8 Å². The van der Waals surface area contributed by atoms with Crippen LogP contribution in [0.25, 0.3) is 21.6 Å². The van der Waals surface area contributed by atoms with Crippen LogP contribution in [0, 0.1) is 12.8 Å². The van der Waals surface area contributed by atoms with E-state index < -0.39 is 86.5 Å². The van der Waals surface area contributed by atoms with E-state index in [-0.39, 0.29) is 31.7 Å². The van der Waals surface area contributed by atoms with Crippen LogP contribution in [-0.4, -0.2) is 101 Å². The minimum absolute atomic E-state index is 0.0319. The zero-order valence-electron chi connectivity index (χ0n) is 35.5. The molecule has 3 aromatic rings. The lowest BCUT2D eigenvalue weighted by atomic mass is 10.1. The van der Waals surface area contributed by atoms with Gasteiger partial charge < -0.3 is 29.7 Å². The van der Waals surface area contributed by atoms with Crippen molar-refractivity contribution in [3.63, 3.8) is 0 Å². The fraction of sp³-hybridized carbons (Fsp3) is 0.558. The average Bonchev–Trinajstić information content (AvgIpc) is 4.06. The topological polar surface area (TPSA) is 212 Å². The van der Waals surface area contributed by atoms with Gasteiger partial charge in [-0.05, 0) is 77.8 Å². The van der Waals surface area contributed by atoms with E-state index >= 15 is 0 Å². The van der Waals surface area contributed by atoms with Crippen LogP contribution in [0.3, 0.4) is 0 Å². The van der Waals surface area contributed by atoms with Crippen LogP contribution < -0.4 is 24.8 Å². The smallest absolute Gasteiger partial charge is 0.308 e. The largest absolute Gasteiger partial charge is 0.496 e. The molecule has 328 valence electrons. The number of rotatable bonds is 10. The Balaban J connectivity index is 1.26. The van der Waals surface area contributed by atoms with Gasteiger partial charge in [0.2, 0.25) is 27.7 Å². The number of benzene rings is 1. The molecule has 61 heavy (non-hydrogen) atoms. The number of aromatic nitrogens is 2. The highest BCUT2D eigenvalue weighted by molar-refractivity contribution is 7.91. The van der Waals surface area contributed by atoms with E-state index in [1.807, 2.05) is 18.4 Å². The van der Waals surface area contributed by atoms with Crippen LogP contribution in [0.5, 0.6) is 11.5 Å². The summed E-state index contributed by atoms with van der Waals surface area (Å²) in [6.07, 6.45) is 4.05. The third kappa shape index (κ3) is 9.69. The van der Waals surface area contributed by atoms with Crippen LogP contribution in [-0.2, 0) is 38.7 Å². The molecule has 2 aliphatic heterocycles. The van der Waals surface area contributed by atoms with Crippen molar-refractivity contribution in [2.75, 3.05) is 13.7 Å². The number of thiazole rings is 1. The zero-order chi connectivity index (χ0) is 44.0. The Morgan fingerprint density at radius 1 is 1.11 bits per heavy atom. The Kier molecular flexibility index (Phi) is 12.2. The fourth-order valence-corrected chi connectivity index (χ4v) is 10.2. The lowest BCUT2D eigenvalue weighted by molar-refractivity contribution is -0.157. The third-order valence-electron chi connectivity index (χ3n) is 11.4. The molecule has 0 radical (unpaired) electrons. The van der Waals surface area contributed by atoms with Crippen LogP contribution in [0.2, 0.25) is 0 Å². The summed E-state index contributed by atoms with van der Waals surface area (Å²) in [6.45, 7) is 10.9. The highest BCUT2D eigenvalue weighted by Gasteiger charge is 2.62. The van der Waals surface area contributed by atoms with Gasteiger partial charge in [0.05, 0.1) is 36.5 Å². The van der Waals surface area contributed by atoms with Crippen molar-refractivity contribution in [1.82, 2.24) is 30.2 Å². The first-order valence-corrected chi connectivity index (χ1v) is 23.2. The molecule has 2 saturated carbocycles. The van der Waals surface area contributed by atoms with Crippen molar-refractivity contribution in [2.24, 2.45) is 5.92 Å². The Morgan fingerprint density at radius 2 is 1.87 bits per heavy atom. The van der Waals surface area contributed by atoms with Gasteiger partial charge in [0, 0.05) is 41.2 Å². The van der Waals surface area contributed by atoms with Gasteiger partial charge in [0.15, 0.2) is 0 Å². The Hall–Kier alpha value is -5.10. The molecule has 16 nitrogen and oxygen atoms in total. The predicted molar refractivity (Wildman–Crippen MR) is 227 cm³/mol. The number of ether oxygens (including phenoxy) is 3. The molecule has 0 spiro atoms. The summed E-state index contributed by atoms with van der Waals surface area (Å²) in [5.41, 5.74) is 0.369. The number of fused-ring (bicyclic) bond motifs is 3. The van der Waals surface area contributed by atoms with Crippen molar-refractivity contribution >= 4 is 61.9 Å². The van der Waals surface area contributed by atoms with E-state index in [1.165, 1.54) is 16.2 Å². The number of esters is 1. The standard InChI is InChI=1S/C43H54N6O10S2/c1-23(2)31-22-60-39(46-31)29-18-34(28-15-16-33(57-7)24(3)37(28)45-29)58-26-17-32-38(52)47-43(41(54)48-61(55,56)27-13-14-27)20-25(43)11-9-8-10-12-35(50)44-30(40(53)49(32)21-26)19-36(51)59-42(4,5)6/h9,11,15-16,18,22-23,25-27,30,32H,8,10,12-14,17,19-21H2,1-7H3,(H,44,50)(H,47,52)(H,48,54)/t25?,26-,30+,32+,43-/m1/s1. The molecule has 18 heteroatoms. The van der Waals surface area contributed by atoms with Crippen molar-refractivity contribution in [3.05, 3.63) is 47.0 Å². The number of hydrogen-bond acceptors (Lipinski definition) is 13. The van der Waals surface area contributed by atoms with Gasteiger partial charge >= 0.3 is 5.97 Å². The molecule has 4 heterocycles. The minimum Gasteiger partial charge on any atom is -0.496 e. The maximum Gasteiger partial charge on any atom is 0.308 e. The van der Waals surface area contributed by atoms with E-state index in [2.05, 4.69) is 29.2 Å². The number of hydrogen-bond donors (Lipinski definition) is 3. The van der Waals surface area contributed by atoms with Gasteiger partial charge in [-0.2, -0.15) is 0 Å². The molecule has 4 aliphatic rings. The first-order valence-electron chi connectivity index (χ1n) is 20.8. The number of nitrogens with one attached hydrogen (secondary N) is 3. The molecule has 4 amide bonds. The average molecular weight is 879 g/mol. The van der Waals surface area contributed by atoms with Gasteiger partial charge in [-0.25, -0.2) is 18.4 Å². The summed E-state index contributed by atoms with van der Waals surface area (Å²) in [6, 6.07) is 2.76. The fourth-order valence-electron chi connectivity index (χ4n) is 7.86. The molecular weight excluding hydrogens is 825 g/mol. The lowest BCUT2D eigenvalue weighted by Crippen LogP contribution is -2.58. The predicted octanol–water partition coefficient (Wildman–Crippen LogP) is 4.59. The number of nitrogens with zero attached hydrogens (tertiary/aromatic N) is 3. The summed E-state index contributed by atoms with van der Waals surface area (Å²) in [4.78, 5) is 80.8. The molecule has 7 rings (SSSR count). The van der Waals surface area contributed by atoms with Gasteiger partial charge in [-0.15, -0.1) is 11.3 Å². The normalized spacial score (nSPS) is 24.9. The summed E-state index contributed by atoms with van der Waals surface area (Å²) in [5, 5.41) is 8.22. The van der Waals surface area contributed by atoms with E-state index in [1.54, 1.807) is 52.2 Å². The number of amides is 4. The molecule has 0 bridgehead atoms. The molecule has 3 N–H and O–H groups in total. The van der Waals surface area contributed by atoms with Crippen LogP contribution in [0.15, 0.2) is 35.7 Å². The second-order valence-electron chi connectivity index (χ2n) is 17.7. The van der Waals surface area contributed by atoms with Crippen molar-refractivity contribution < 1.29 is 46.6 Å². The molecule has 1 unspecified atom stereocenters. The second-order valence-corrected chi connectivity index (χ2v) is 20.5. The summed E-state index contributed by atoms with van der Waals surface area (Å²) < 4.78 is 46.0. The number of carbonyl (C=O) groups is 5. The first-order chi connectivity index (χ1) is 28.8. The van der Waals surface area contributed by atoms with Crippen molar-refractivity contribution in [3.8, 4) is 22.2 Å². The van der Waals surface area contributed by atoms with E-state index in [4.69, 9.17) is 24.2 Å². The lowest BCUT2D eigenvalue weighted by Gasteiger charge is -2.30. The molecule has 3 fully saturated rings. The summed E-state index contributed by atoms with van der Waals surface area (Å²) in [7, 11) is -2.38. The summed E-state index contributed by atoms with van der Waals surface area (Å²) in [5.74, 6) is -2.78. The number of aryl methyl sites for hydroxylation is 1. The van der Waals surface area contributed by atoms with Crippen LogP contribution in [0.4, 0.5) is 0 Å². The quantitative estimate of drug-likeness (QED) is 0.189.